The minimum Gasteiger partial charge on any atom is -0.480 e. The number of aliphatic carboxylic acids is 1. The van der Waals surface area contributed by atoms with Crippen molar-refractivity contribution in [3.63, 3.8) is 0 Å². The molecule has 0 spiro atoms. The van der Waals surface area contributed by atoms with Crippen LogP contribution in [-0.4, -0.2) is 34.6 Å². The summed E-state index contributed by atoms with van der Waals surface area (Å²) in [5.41, 5.74) is 0.561. The van der Waals surface area contributed by atoms with Crippen LogP contribution in [0.1, 0.15) is 12.8 Å². The van der Waals surface area contributed by atoms with E-state index < -0.39 is 18.0 Å². The van der Waals surface area contributed by atoms with Gasteiger partial charge in [0.1, 0.15) is 6.04 Å². The minimum atomic E-state index is -0.970. The Morgan fingerprint density at radius 2 is 2.21 bits per heavy atom. The van der Waals surface area contributed by atoms with Crippen LogP contribution in [0.15, 0.2) is 22.7 Å². The number of halogens is 2. The third kappa shape index (κ3) is 3.19. The number of carboxylic acids is 1. The summed E-state index contributed by atoms with van der Waals surface area (Å²) < 4.78 is 0.652. The predicted molar refractivity (Wildman–Crippen MR) is 75.5 cm³/mol. The molecule has 1 atom stereocenters. The molecule has 0 bridgehead atoms. The minimum absolute atomic E-state index is 0.409. The zero-order chi connectivity index (χ0) is 14.0. The van der Waals surface area contributed by atoms with Crippen molar-refractivity contribution in [2.45, 2.75) is 18.9 Å². The summed E-state index contributed by atoms with van der Waals surface area (Å²) >= 11 is 9.11. The fourth-order valence-corrected chi connectivity index (χ4v) is 2.83. The second-order valence-corrected chi connectivity index (χ2v) is 5.53. The summed E-state index contributed by atoms with van der Waals surface area (Å²) in [7, 11) is 0. The van der Waals surface area contributed by atoms with Crippen LogP contribution in [0.3, 0.4) is 0 Å². The molecule has 1 fully saturated rings. The molecule has 2 rings (SSSR count). The van der Waals surface area contributed by atoms with Gasteiger partial charge in [-0.2, -0.15) is 0 Å². The highest BCUT2D eigenvalue weighted by Crippen LogP contribution is 2.27. The number of likely N-dealkylation sites (tertiary alicyclic amines) is 1. The number of benzene rings is 1. The summed E-state index contributed by atoms with van der Waals surface area (Å²) in [6.45, 7) is 0.452. The van der Waals surface area contributed by atoms with E-state index in [2.05, 4.69) is 21.2 Å². The van der Waals surface area contributed by atoms with E-state index in [-0.39, 0.29) is 0 Å². The highest BCUT2D eigenvalue weighted by atomic mass is 79.9. The Balaban J connectivity index is 2.10. The Morgan fingerprint density at radius 1 is 1.47 bits per heavy atom. The van der Waals surface area contributed by atoms with Crippen LogP contribution in [0.5, 0.6) is 0 Å². The van der Waals surface area contributed by atoms with Gasteiger partial charge in [-0.25, -0.2) is 9.59 Å². The van der Waals surface area contributed by atoms with Crippen molar-refractivity contribution in [3.8, 4) is 0 Å². The molecule has 0 aliphatic carbocycles. The predicted octanol–water partition coefficient (Wildman–Crippen LogP) is 3.18. The van der Waals surface area contributed by atoms with E-state index in [0.29, 0.717) is 34.6 Å². The molecule has 19 heavy (non-hydrogen) atoms. The van der Waals surface area contributed by atoms with Crippen LogP contribution >= 0.6 is 27.5 Å². The Bertz CT molecular complexity index is 524. The zero-order valence-electron chi connectivity index (χ0n) is 9.90. The van der Waals surface area contributed by atoms with E-state index >= 15 is 0 Å². The molecule has 5 nitrogen and oxygen atoms in total. The van der Waals surface area contributed by atoms with Crippen molar-refractivity contribution in [3.05, 3.63) is 27.7 Å². The average Bonchev–Trinajstić information content (AvgIpc) is 2.82. The summed E-state index contributed by atoms with van der Waals surface area (Å²) in [6, 6.07) is 3.83. The van der Waals surface area contributed by atoms with Gasteiger partial charge >= 0.3 is 12.0 Å². The largest absolute Gasteiger partial charge is 0.480 e. The van der Waals surface area contributed by atoms with Crippen molar-refractivity contribution in [2.75, 3.05) is 11.9 Å². The van der Waals surface area contributed by atoms with Gasteiger partial charge in [-0.05, 0) is 47.0 Å². The molecule has 0 radical (unpaired) electrons. The van der Waals surface area contributed by atoms with E-state index in [1.807, 2.05) is 0 Å². The van der Waals surface area contributed by atoms with Crippen molar-refractivity contribution in [1.82, 2.24) is 4.90 Å². The van der Waals surface area contributed by atoms with E-state index in [1.165, 1.54) is 4.90 Å². The lowest BCUT2D eigenvalue weighted by Crippen LogP contribution is -2.42. The van der Waals surface area contributed by atoms with E-state index in [9.17, 15) is 9.59 Å². The number of rotatable bonds is 2. The number of urea groups is 1. The number of carboxylic acid groups (broad SMARTS) is 1. The topological polar surface area (TPSA) is 69.6 Å². The van der Waals surface area contributed by atoms with Crippen molar-refractivity contribution in [2.24, 2.45) is 0 Å². The number of anilines is 1. The number of hydrogen-bond acceptors (Lipinski definition) is 2. The Kier molecular flexibility index (Phi) is 4.31. The number of nitrogens with one attached hydrogen (secondary N) is 1. The Morgan fingerprint density at radius 3 is 2.84 bits per heavy atom. The van der Waals surface area contributed by atoms with Gasteiger partial charge in [0.15, 0.2) is 0 Å². The number of carbonyl (C=O) groups excluding carboxylic acids is 1. The normalized spacial score (nSPS) is 18.4. The summed E-state index contributed by atoms with van der Waals surface area (Å²) in [6.07, 6.45) is 1.19. The van der Waals surface area contributed by atoms with Gasteiger partial charge < -0.3 is 15.3 Å². The lowest BCUT2D eigenvalue weighted by molar-refractivity contribution is -0.141. The van der Waals surface area contributed by atoms with Gasteiger partial charge in [0.2, 0.25) is 0 Å². The van der Waals surface area contributed by atoms with Gasteiger partial charge in [-0.15, -0.1) is 0 Å². The first-order valence-electron chi connectivity index (χ1n) is 5.74. The molecule has 0 saturated carbocycles. The summed E-state index contributed by atoms with van der Waals surface area (Å²) in [4.78, 5) is 24.4. The molecule has 7 heteroatoms. The average molecular weight is 348 g/mol. The lowest BCUT2D eigenvalue weighted by Gasteiger charge is -2.22. The molecule has 2 amide bonds. The van der Waals surface area contributed by atoms with Crippen LogP contribution in [0.25, 0.3) is 0 Å². The molecule has 1 aliphatic heterocycles. The number of carbonyl (C=O) groups is 2. The molecule has 2 N–H and O–H groups in total. The Hall–Kier alpha value is -1.27. The summed E-state index contributed by atoms with van der Waals surface area (Å²) in [5.74, 6) is -0.970. The smallest absolute Gasteiger partial charge is 0.326 e. The highest BCUT2D eigenvalue weighted by molar-refractivity contribution is 9.10. The number of amides is 2. The maximum Gasteiger partial charge on any atom is 0.326 e. The molecule has 1 saturated heterocycles. The maximum absolute atomic E-state index is 12.1. The third-order valence-electron chi connectivity index (χ3n) is 2.97. The second-order valence-electron chi connectivity index (χ2n) is 4.24. The van der Waals surface area contributed by atoms with Gasteiger partial charge in [-0.3, -0.25) is 0 Å². The van der Waals surface area contributed by atoms with Gasteiger partial charge in [0.25, 0.3) is 0 Å². The second kappa shape index (κ2) is 5.79. The Labute approximate surface area is 123 Å². The first kappa shape index (κ1) is 14.1. The van der Waals surface area contributed by atoms with Crippen LogP contribution in [0, 0.1) is 0 Å². The van der Waals surface area contributed by atoms with Crippen molar-refractivity contribution >= 4 is 45.2 Å². The van der Waals surface area contributed by atoms with Crippen molar-refractivity contribution < 1.29 is 14.7 Å². The van der Waals surface area contributed by atoms with Crippen LogP contribution < -0.4 is 5.32 Å². The molecule has 1 aromatic carbocycles. The summed E-state index contributed by atoms with van der Waals surface area (Å²) in [5, 5.41) is 12.3. The fourth-order valence-electron chi connectivity index (χ4n) is 2.04. The van der Waals surface area contributed by atoms with E-state index in [1.54, 1.807) is 18.2 Å². The molecule has 102 valence electrons. The SMILES string of the molecule is O=C(O)[C@@H]1CCCN1C(=O)Nc1ccc(Cl)cc1Br. The molecule has 1 aromatic rings. The first-order chi connectivity index (χ1) is 8.99. The van der Waals surface area contributed by atoms with E-state index in [0.717, 1.165) is 0 Å². The van der Waals surface area contributed by atoms with Crippen LogP contribution in [0.2, 0.25) is 5.02 Å². The quantitative estimate of drug-likeness (QED) is 0.863. The van der Waals surface area contributed by atoms with Gasteiger partial charge in [0, 0.05) is 16.0 Å². The standard InChI is InChI=1S/C12H12BrClN2O3/c13-8-6-7(14)3-4-9(8)15-12(19)16-5-1-2-10(16)11(17)18/h3-4,6,10H,1-2,5H2,(H,15,19)(H,17,18)/t10-/m0/s1. The zero-order valence-corrected chi connectivity index (χ0v) is 12.2. The fraction of sp³-hybridized carbons (Fsp3) is 0.333. The van der Waals surface area contributed by atoms with Crippen molar-refractivity contribution in [1.29, 1.82) is 0 Å². The molecule has 0 aromatic heterocycles. The molecular formula is C12H12BrClN2O3. The molecule has 0 unspecified atom stereocenters. The first-order valence-corrected chi connectivity index (χ1v) is 6.91. The molecule has 1 aliphatic rings. The van der Waals surface area contributed by atoms with Crippen LogP contribution in [0.4, 0.5) is 10.5 Å². The number of nitrogens with zero attached hydrogens (tertiary/aromatic N) is 1. The van der Waals surface area contributed by atoms with Gasteiger partial charge in [0.05, 0.1) is 5.69 Å². The molecule has 1 heterocycles. The monoisotopic (exact) mass is 346 g/mol. The van der Waals surface area contributed by atoms with Gasteiger partial charge in [-0.1, -0.05) is 11.6 Å². The lowest BCUT2D eigenvalue weighted by atomic mass is 10.2. The van der Waals surface area contributed by atoms with Crippen LogP contribution in [-0.2, 0) is 4.79 Å². The third-order valence-corrected chi connectivity index (χ3v) is 3.86. The molecular weight excluding hydrogens is 336 g/mol. The highest BCUT2D eigenvalue weighted by Gasteiger charge is 2.34. The number of hydrogen-bond donors (Lipinski definition) is 2. The van der Waals surface area contributed by atoms with E-state index in [4.69, 9.17) is 16.7 Å². The maximum atomic E-state index is 12.1.